The lowest BCUT2D eigenvalue weighted by Gasteiger charge is -2.25. The van der Waals surface area contributed by atoms with Crippen LogP contribution in [0.4, 0.5) is 0 Å². The van der Waals surface area contributed by atoms with Gasteiger partial charge in [0.1, 0.15) is 0 Å². The molecular formula is C8H14N2O2. The van der Waals surface area contributed by atoms with Gasteiger partial charge in [0.2, 0.25) is 0 Å². The summed E-state index contributed by atoms with van der Waals surface area (Å²) in [7, 11) is 1.89. The Morgan fingerprint density at radius 3 is 2.75 bits per heavy atom. The second kappa shape index (κ2) is 3.56. The molecule has 4 heteroatoms. The van der Waals surface area contributed by atoms with Gasteiger partial charge in [0.05, 0.1) is 5.92 Å². The first-order valence-electron chi connectivity index (χ1n) is 4.13. The molecule has 68 valence electrons. The van der Waals surface area contributed by atoms with Gasteiger partial charge in [0, 0.05) is 32.1 Å². The van der Waals surface area contributed by atoms with Crippen LogP contribution in [0.5, 0.6) is 0 Å². The highest BCUT2D eigenvalue weighted by atomic mass is 16.4. The van der Waals surface area contributed by atoms with E-state index in [1.54, 1.807) is 0 Å². The van der Waals surface area contributed by atoms with Crippen LogP contribution in [0.1, 0.15) is 19.8 Å². The first-order valence-corrected chi connectivity index (χ1v) is 4.13. The summed E-state index contributed by atoms with van der Waals surface area (Å²) in [5.41, 5.74) is 1.01. The van der Waals surface area contributed by atoms with Crippen molar-refractivity contribution < 1.29 is 9.90 Å². The number of rotatable bonds is 3. The molecule has 1 aliphatic carbocycles. The molecule has 1 fully saturated rings. The van der Waals surface area contributed by atoms with Gasteiger partial charge in [0.25, 0.3) is 0 Å². The van der Waals surface area contributed by atoms with Crippen LogP contribution in [0.15, 0.2) is 5.10 Å². The van der Waals surface area contributed by atoms with Gasteiger partial charge in [-0.05, 0) is 6.92 Å². The van der Waals surface area contributed by atoms with Crippen LogP contribution in [0.2, 0.25) is 0 Å². The molecule has 0 radical (unpaired) electrons. The predicted molar refractivity (Wildman–Crippen MR) is 46.1 cm³/mol. The zero-order chi connectivity index (χ0) is 9.14. The van der Waals surface area contributed by atoms with Gasteiger partial charge in [-0.15, -0.1) is 0 Å². The lowest BCUT2D eigenvalue weighted by atomic mass is 9.83. The predicted octanol–water partition coefficient (Wildman–Crippen LogP) is 0.789. The van der Waals surface area contributed by atoms with Crippen LogP contribution in [-0.4, -0.2) is 35.4 Å². The monoisotopic (exact) mass is 170 g/mol. The molecule has 0 amide bonds. The largest absolute Gasteiger partial charge is 0.481 e. The number of hydrogen-bond acceptors (Lipinski definition) is 3. The molecule has 12 heavy (non-hydrogen) atoms. The first kappa shape index (κ1) is 9.03. The molecular weight excluding hydrogens is 156 g/mol. The first-order chi connectivity index (χ1) is 5.63. The van der Waals surface area contributed by atoms with E-state index in [9.17, 15) is 4.79 Å². The van der Waals surface area contributed by atoms with Crippen molar-refractivity contribution in [2.75, 3.05) is 13.6 Å². The van der Waals surface area contributed by atoms with Crippen molar-refractivity contribution in [1.82, 2.24) is 5.01 Å². The summed E-state index contributed by atoms with van der Waals surface area (Å²) in [6.07, 6.45) is 1.25. The summed E-state index contributed by atoms with van der Waals surface area (Å²) in [4.78, 5) is 10.4. The van der Waals surface area contributed by atoms with Crippen LogP contribution in [-0.2, 0) is 4.79 Å². The Kier molecular flexibility index (Phi) is 2.68. The molecule has 0 spiro atoms. The maximum atomic E-state index is 10.4. The second-order valence-corrected chi connectivity index (χ2v) is 3.08. The Balaban J connectivity index is 2.33. The topological polar surface area (TPSA) is 52.9 Å². The van der Waals surface area contributed by atoms with Gasteiger partial charge in [-0.25, -0.2) is 0 Å². The zero-order valence-corrected chi connectivity index (χ0v) is 7.45. The summed E-state index contributed by atoms with van der Waals surface area (Å²) in [6.45, 7) is 2.87. The van der Waals surface area contributed by atoms with E-state index >= 15 is 0 Å². The van der Waals surface area contributed by atoms with Gasteiger partial charge < -0.3 is 10.1 Å². The smallest absolute Gasteiger partial charge is 0.307 e. The van der Waals surface area contributed by atoms with Crippen LogP contribution in [0.25, 0.3) is 0 Å². The van der Waals surface area contributed by atoms with Crippen LogP contribution < -0.4 is 0 Å². The van der Waals surface area contributed by atoms with Crippen molar-refractivity contribution in [1.29, 1.82) is 0 Å². The Hall–Kier alpha value is -1.06. The number of hydrogen-bond donors (Lipinski definition) is 1. The molecule has 0 saturated heterocycles. The van der Waals surface area contributed by atoms with Crippen LogP contribution in [0.3, 0.4) is 0 Å². The third-order valence-corrected chi connectivity index (χ3v) is 2.08. The quantitative estimate of drug-likeness (QED) is 0.637. The summed E-state index contributed by atoms with van der Waals surface area (Å²) in [5.74, 6) is -0.887. The van der Waals surface area contributed by atoms with E-state index in [0.29, 0.717) is 12.8 Å². The van der Waals surface area contributed by atoms with Gasteiger partial charge in [-0.3, -0.25) is 4.79 Å². The summed E-state index contributed by atoms with van der Waals surface area (Å²) < 4.78 is 0. The van der Waals surface area contributed by atoms with E-state index in [-0.39, 0.29) is 5.92 Å². The average Bonchev–Trinajstić information content (AvgIpc) is 1.94. The van der Waals surface area contributed by atoms with Crippen molar-refractivity contribution in [3.8, 4) is 0 Å². The van der Waals surface area contributed by atoms with Crippen LogP contribution >= 0.6 is 0 Å². The number of hydrazone groups is 1. The molecule has 0 aromatic rings. The Morgan fingerprint density at radius 2 is 2.33 bits per heavy atom. The van der Waals surface area contributed by atoms with Crippen molar-refractivity contribution in [2.24, 2.45) is 11.0 Å². The normalized spacial score (nSPS) is 21.5. The van der Waals surface area contributed by atoms with E-state index in [1.807, 2.05) is 19.0 Å². The molecule has 4 nitrogen and oxygen atoms in total. The minimum atomic E-state index is -0.701. The van der Waals surface area contributed by atoms with Crippen molar-refractivity contribution in [3.63, 3.8) is 0 Å². The fraction of sp³-hybridized carbons (Fsp3) is 0.750. The van der Waals surface area contributed by atoms with Gasteiger partial charge in [0.15, 0.2) is 0 Å². The van der Waals surface area contributed by atoms with E-state index in [4.69, 9.17) is 5.11 Å². The standard InChI is InChI=1S/C8H14N2O2/c1-3-10(2)9-7-4-6(5-7)8(11)12/h6H,3-5H2,1-2H3,(H,11,12). The Bertz CT molecular complexity index is 205. The number of carbonyl (C=O) groups is 1. The maximum Gasteiger partial charge on any atom is 0.307 e. The van der Waals surface area contributed by atoms with E-state index in [0.717, 1.165) is 12.3 Å². The molecule has 0 unspecified atom stereocenters. The number of nitrogens with zero attached hydrogens (tertiary/aromatic N) is 2. The Morgan fingerprint density at radius 1 is 1.75 bits per heavy atom. The molecule has 1 saturated carbocycles. The fourth-order valence-electron chi connectivity index (χ4n) is 1.08. The molecule has 0 bridgehead atoms. The molecule has 1 aliphatic rings. The van der Waals surface area contributed by atoms with E-state index in [2.05, 4.69) is 5.10 Å². The van der Waals surface area contributed by atoms with Crippen molar-refractivity contribution in [3.05, 3.63) is 0 Å². The van der Waals surface area contributed by atoms with Gasteiger partial charge in [-0.2, -0.15) is 5.10 Å². The van der Waals surface area contributed by atoms with E-state index in [1.165, 1.54) is 0 Å². The highest BCUT2D eigenvalue weighted by Gasteiger charge is 2.31. The highest BCUT2D eigenvalue weighted by molar-refractivity contribution is 5.97. The van der Waals surface area contributed by atoms with Gasteiger partial charge in [-0.1, -0.05) is 0 Å². The molecule has 0 aliphatic heterocycles. The number of carboxylic acid groups (broad SMARTS) is 1. The minimum Gasteiger partial charge on any atom is -0.481 e. The molecule has 1 rings (SSSR count). The highest BCUT2D eigenvalue weighted by Crippen LogP contribution is 2.24. The minimum absolute atomic E-state index is 0.186. The molecule has 0 heterocycles. The zero-order valence-electron chi connectivity index (χ0n) is 7.45. The molecule has 0 atom stereocenters. The molecule has 0 aromatic heterocycles. The third-order valence-electron chi connectivity index (χ3n) is 2.08. The Labute approximate surface area is 71.9 Å². The summed E-state index contributed by atoms with van der Waals surface area (Å²) in [6, 6.07) is 0. The summed E-state index contributed by atoms with van der Waals surface area (Å²) >= 11 is 0. The summed E-state index contributed by atoms with van der Waals surface area (Å²) in [5, 5.41) is 14.6. The van der Waals surface area contributed by atoms with Crippen molar-refractivity contribution >= 4 is 11.7 Å². The number of carboxylic acids is 1. The third kappa shape index (κ3) is 1.96. The van der Waals surface area contributed by atoms with Crippen LogP contribution in [0, 0.1) is 5.92 Å². The lowest BCUT2D eigenvalue weighted by molar-refractivity contribution is -0.142. The van der Waals surface area contributed by atoms with Crippen molar-refractivity contribution in [2.45, 2.75) is 19.8 Å². The molecule has 0 aromatic carbocycles. The van der Waals surface area contributed by atoms with Gasteiger partial charge >= 0.3 is 5.97 Å². The average molecular weight is 170 g/mol. The SMILES string of the molecule is CCN(C)N=C1CC(C(=O)O)C1. The second-order valence-electron chi connectivity index (χ2n) is 3.08. The molecule has 1 N–H and O–H groups in total. The maximum absolute atomic E-state index is 10.4. The lowest BCUT2D eigenvalue weighted by Crippen LogP contribution is -2.32. The number of aliphatic carboxylic acids is 1. The van der Waals surface area contributed by atoms with E-state index < -0.39 is 5.97 Å². The fourth-order valence-corrected chi connectivity index (χ4v) is 1.08.